The smallest absolute Gasteiger partial charge is 1.00 e. The second-order valence-electron chi connectivity index (χ2n) is 23.5. The van der Waals surface area contributed by atoms with Gasteiger partial charge in [-0.3, -0.25) is 20.3 Å². The average Bonchev–Trinajstić information content (AvgIpc) is 1.61. The van der Waals surface area contributed by atoms with E-state index in [-0.39, 0.29) is 130 Å². The Kier molecular flexibility index (Phi) is 32.5. The zero-order valence-corrected chi connectivity index (χ0v) is 69.9. The van der Waals surface area contributed by atoms with Crippen molar-refractivity contribution in [3.63, 3.8) is 0 Å². The first kappa shape index (κ1) is 94.9. The number of quaternary nitrogens is 1. The van der Waals surface area contributed by atoms with E-state index in [4.69, 9.17) is 31.4 Å². The van der Waals surface area contributed by atoms with E-state index in [9.17, 15) is 101 Å². The number of nitrogens with two attached hydrogens (primary N) is 7. The molecule has 0 atom stereocenters. The molecule has 0 unspecified atom stereocenters. The van der Waals surface area contributed by atoms with E-state index in [0.717, 1.165) is 80.4 Å². The number of aromatic nitrogens is 7. The number of thiazole rings is 1. The number of hydrogen-bond acceptors (Lipinski definition) is 23. The molecule has 4 aromatic carbocycles. The van der Waals surface area contributed by atoms with Crippen LogP contribution in [0, 0.1) is 5.92 Å². The van der Waals surface area contributed by atoms with Gasteiger partial charge in [-0.25, -0.2) is 64.9 Å². The summed E-state index contributed by atoms with van der Waals surface area (Å²) in [7, 11) is -19.6. The maximum Gasteiger partial charge on any atom is 1.00 e. The standard InChI is InChI=1S/C15H18N4O4S.C15H15N3O5S.C13H13N3O5S.C12H10N4O4S2.C10H9N3O4S.2ClH.2Na/c16-24(22,23)19-7-4-13(14(19)15(20)21)11-2-1-3-12(10-11)18-8-5-17-6-9-18;16-24(22,23)18-8-7-12(13(18)15(20)21)9-3-5-11(6-4-9)17-14(19)10-1-2-10;1-15-12(17)9-4-2-8(3-5-9)10-6-7-16(22(14,20)21)11(10)13(18)19;13-12-15-9-6(2-1-3-8(9)21-12)7-4-5-16(22(14,19)20)10(7)11(17)18;11-18(16,17)13-6-4-7(9(13)10(14)15)8-3-1-2-5-12-8;;;;/h1-4,7,10,17H,5-6,8-9H2,(H,20,21)(H2,16,22,23);3-8,10H,1-2H2,(H,17,19)(H,20,21)(H2,16,22,23);2-7H,1H3,(H,15,17)(H,18,19)(H2,14,20,21);1-5H,(H2,13,15)(H,17,18)(H2,14,19,20);1-6H,(H,14,15)(H2,11,16,17);2*1H;;/q;;;;;;;2*+1/p-2. The summed E-state index contributed by atoms with van der Waals surface area (Å²) in [5.41, 5.74) is 9.43. The van der Waals surface area contributed by atoms with Crippen LogP contribution in [0.1, 0.15) is 75.6 Å². The van der Waals surface area contributed by atoms with E-state index in [0.29, 0.717) is 75.3 Å². The van der Waals surface area contributed by atoms with Crippen LogP contribution in [0.25, 0.3) is 66.0 Å². The number of benzene rings is 4. The number of carboxylic acid groups (broad SMARTS) is 5. The van der Waals surface area contributed by atoms with E-state index >= 15 is 0 Å². The quantitative estimate of drug-likeness (QED) is 0.0335. The third-order valence-corrected chi connectivity index (χ3v) is 21.3. The second kappa shape index (κ2) is 39.1. The third-order valence-electron chi connectivity index (χ3n) is 16.2. The van der Waals surface area contributed by atoms with Crippen LogP contribution in [0.2, 0.25) is 0 Å². The molecule has 2 aliphatic rings. The Bertz CT molecular complexity index is 6040. The molecule has 1 saturated heterocycles. The summed E-state index contributed by atoms with van der Waals surface area (Å²) >= 11 is 1.31. The summed E-state index contributed by atoms with van der Waals surface area (Å²) in [4.78, 5) is 89.0. The molecule has 594 valence electrons. The number of H-pyrrole nitrogens is 1. The van der Waals surface area contributed by atoms with Gasteiger partial charge in [0.15, 0.2) is 22.6 Å². The molecule has 1 saturated carbocycles. The van der Waals surface area contributed by atoms with Gasteiger partial charge in [0.1, 0.15) is 0 Å². The number of carboxylic acids is 5. The van der Waals surface area contributed by atoms with Crippen molar-refractivity contribution >= 4 is 131 Å². The number of pyridine rings is 1. The number of nitrogens with one attached hydrogen (secondary N) is 3. The summed E-state index contributed by atoms with van der Waals surface area (Å²) in [6.45, 7) is 3.83. The third kappa shape index (κ3) is 22.9. The van der Waals surface area contributed by atoms with Crippen molar-refractivity contribution in [3.05, 3.63) is 211 Å². The monoisotopic (exact) mass is 1740 g/mol. The number of rotatable bonds is 19. The number of fused-ring (bicyclic) bond motifs is 1. The molecule has 8 heterocycles. The molecule has 1 aliphatic carbocycles. The van der Waals surface area contributed by atoms with Gasteiger partial charge in [0.2, 0.25) is 5.91 Å². The summed E-state index contributed by atoms with van der Waals surface area (Å²) in [5.74, 6) is -7.72. The Hall–Kier alpha value is -9.70. The number of amides is 2. The number of para-hydroxylation sites is 1. The molecule has 2 amide bonds. The van der Waals surface area contributed by atoms with Gasteiger partial charge in [-0.2, -0.15) is 42.1 Å². The molecular formula is C65H65Cl2N17Na2O22S6. The van der Waals surface area contributed by atoms with E-state index in [1.54, 1.807) is 60.7 Å². The molecule has 0 spiro atoms. The molecule has 7 aromatic heterocycles. The van der Waals surface area contributed by atoms with Crippen LogP contribution in [0.5, 0.6) is 0 Å². The van der Waals surface area contributed by atoms with E-state index in [1.807, 2.05) is 24.3 Å². The number of aromatic amines is 1. The number of nitrogen functional groups attached to an aromatic ring is 1. The number of hydrogen-bond donors (Lipinski definition) is 12. The predicted octanol–water partition coefficient (Wildman–Crippen LogP) is -13.0. The van der Waals surface area contributed by atoms with Crippen molar-refractivity contribution in [3.8, 4) is 55.8 Å². The van der Waals surface area contributed by atoms with Gasteiger partial charge in [0.25, 0.3) is 5.91 Å². The maximum atomic E-state index is 11.7. The number of halogens is 2. The molecule has 49 heteroatoms. The van der Waals surface area contributed by atoms with Crippen LogP contribution in [0.3, 0.4) is 0 Å². The van der Waals surface area contributed by atoms with Crippen LogP contribution in [0.15, 0.2) is 177 Å². The van der Waals surface area contributed by atoms with E-state index in [2.05, 4.69) is 30.8 Å². The van der Waals surface area contributed by atoms with Gasteiger partial charge in [-0.1, -0.05) is 48.5 Å². The van der Waals surface area contributed by atoms with Crippen molar-refractivity contribution in [2.75, 3.05) is 49.2 Å². The first-order chi connectivity index (χ1) is 51.6. The fraction of sp³-hybridized carbons (Fsp3) is 0.123. The molecule has 39 nitrogen and oxygen atoms in total. The number of carbonyl (C=O) groups excluding carboxylic acids is 4. The van der Waals surface area contributed by atoms with Crippen LogP contribution in [-0.2, 0) is 55.8 Å². The summed E-state index contributed by atoms with van der Waals surface area (Å²) in [6, 6.07) is 36.8. The Labute approximate surface area is 709 Å². The van der Waals surface area contributed by atoms with Crippen LogP contribution in [-0.4, -0.2) is 157 Å². The van der Waals surface area contributed by atoms with Gasteiger partial charge in [0.05, 0.1) is 59.9 Å². The molecule has 2 fully saturated rings. The van der Waals surface area contributed by atoms with Gasteiger partial charge in [-0.05, 0) is 132 Å². The van der Waals surface area contributed by atoms with Crippen molar-refractivity contribution in [1.29, 1.82) is 0 Å². The molecule has 20 N–H and O–H groups in total. The van der Waals surface area contributed by atoms with Crippen LogP contribution >= 0.6 is 11.3 Å². The largest absolute Gasteiger partial charge is 1.00 e. The number of anilines is 3. The minimum absolute atomic E-state index is 0. The zero-order chi connectivity index (χ0) is 80.7. The first-order valence-electron chi connectivity index (χ1n) is 31.5. The number of aromatic carboxylic acids is 5. The Balaban J connectivity index is 0.000000253. The van der Waals surface area contributed by atoms with Crippen molar-refractivity contribution in [1.82, 2.24) is 30.2 Å². The van der Waals surface area contributed by atoms with Gasteiger partial charge in [0, 0.05) is 100 Å². The number of piperazine rings is 1. The maximum absolute atomic E-state index is 11.7. The topological polar surface area (TPSA) is 649 Å². The molecular weight excluding hydrogens is 1680 g/mol. The predicted molar refractivity (Wildman–Crippen MR) is 394 cm³/mol. The Morgan fingerprint density at radius 2 is 0.921 bits per heavy atom. The molecule has 11 aromatic rings. The first-order valence-corrected chi connectivity index (χ1v) is 39.8. The second-order valence-corrected chi connectivity index (χ2v) is 31.7. The van der Waals surface area contributed by atoms with Gasteiger partial charge >= 0.3 is 133 Å². The van der Waals surface area contributed by atoms with Crippen LogP contribution in [0.4, 0.5) is 16.5 Å². The SMILES string of the molecule is CNC(=O)c1ccc(-c2ccn(S(N)(=O)=O)c2C(=O)[O-])cc1.NS(=O)(=O)n1ccc(-c2ccc(NC(=O)C3CC3)cc2)c1C(=O)O.NS(=O)(=O)n1ccc(-c2cccc(N3CC[NH2+]CC3)c2)c1C(=O)O.NS(=O)(=O)n1ccc(-c2ccccn2)c1C(=O)[O-].Nc1[nH+]c2c(-c3ccn(S(N)(=O)=O)c3C(=O)O)cccc2s1.[Cl-].[Cl-].[Na+].[Na+]. The summed E-state index contributed by atoms with van der Waals surface area (Å²) in [5, 5.41) is 83.3. The zero-order valence-electron chi connectivity index (χ0n) is 59.5. The minimum atomic E-state index is -4.26. The van der Waals surface area contributed by atoms with Gasteiger partial charge < -0.3 is 80.8 Å². The summed E-state index contributed by atoms with van der Waals surface area (Å²) in [6.07, 6.45) is 8.70. The van der Waals surface area contributed by atoms with Gasteiger partial charge in [-0.15, -0.1) is 0 Å². The molecule has 0 bridgehead atoms. The molecule has 0 radical (unpaired) electrons. The fourth-order valence-electron chi connectivity index (χ4n) is 11.2. The fourth-order valence-corrected chi connectivity index (χ4v) is 15.3. The molecule has 1 aliphatic heterocycles. The number of carbonyl (C=O) groups is 7. The Morgan fingerprint density at radius 1 is 0.509 bits per heavy atom. The molecule has 114 heavy (non-hydrogen) atoms. The Morgan fingerprint density at radius 3 is 1.35 bits per heavy atom. The molecule has 13 rings (SSSR count). The number of nitrogens with zero attached hydrogens (tertiary/aromatic N) is 7. The van der Waals surface area contributed by atoms with Crippen molar-refractivity contribution in [2.45, 2.75) is 12.8 Å². The van der Waals surface area contributed by atoms with Crippen molar-refractivity contribution < 1.29 is 195 Å². The normalized spacial score (nSPS) is 12.5. The minimum Gasteiger partial charge on any atom is -1.00 e. The average molecular weight is 1750 g/mol. The van der Waals surface area contributed by atoms with E-state index in [1.165, 1.54) is 79.2 Å². The van der Waals surface area contributed by atoms with Crippen LogP contribution < -0.4 is 151 Å². The van der Waals surface area contributed by atoms with Crippen molar-refractivity contribution in [2.24, 2.45) is 31.6 Å². The summed E-state index contributed by atoms with van der Waals surface area (Å²) < 4.78 is 118. The van der Waals surface area contributed by atoms with E-state index < -0.39 is 104 Å².